The molecule has 1 nitrogen and oxygen atoms in total. The molecule has 1 aliphatic heterocycles. The molecule has 1 aromatic heterocycles. The molecule has 3 rings (SSSR count). The lowest BCUT2D eigenvalue weighted by molar-refractivity contribution is 0.637. The number of nitrogens with one attached hydrogen (secondary N) is 1. The second kappa shape index (κ2) is 7.18. The molecule has 1 unspecified atom stereocenters. The van der Waals surface area contributed by atoms with Crippen molar-refractivity contribution in [2.24, 2.45) is 0 Å². The maximum atomic E-state index is 3.71. The fourth-order valence-electron chi connectivity index (χ4n) is 2.62. The number of thiophene rings is 1. The van der Waals surface area contributed by atoms with Crippen molar-refractivity contribution in [1.29, 1.82) is 0 Å². The Kier molecular flexibility index (Phi) is 5.49. The van der Waals surface area contributed by atoms with Crippen LogP contribution in [0.3, 0.4) is 0 Å². The van der Waals surface area contributed by atoms with Gasteiger partial charge < -0.3 is 5.32 Å². The van der Waals surface area contributed by atoms with Crippen molar-refractivity contribution >= 4 is 55.0 Å². The van der Waals surface area contributed by atoms with Gasteiger partial charge in [0, 0.05) is 24.5 Å². The van der Waals surface area contributed by atoms with E-state index in [4.69, 9.17) is 0 Å². The summed E-state index contributed by atoms with van der Waals surface area (Å²) < 4.78 is 2.29. The van der Waals surface area contributed by atoms with Crippen molar-refractivity contribution in [3.05, 3.63) is 54.1 Å². The van der Waals surface area contributed by atoms with Crippen LogP contribution >= 0.6 is 55.0 Å². The number of benzene rings is 1. The Bertz CT molecular complexity index is 616. The van der Waals surface area contributed by atoms with Crippen molar-refractivity contribution in [3.8, 4) is 0 Å². The van der Waals surface area contributed by atoms with E-state index in [0.29, 0.717) is 0 Å². The molecule has 0 bridgehead atoms. The van der Waals surface area contributed by atoms with Gasteiger partial charge in [0.25, 0.3) is 0 Å². The lowest BCUT2D eigenvalue weighted by Gasteiger charge is -2.19. The van der Waals surface area contributed by atoms with E-state index in [9.17, 15) is 0 Å². The van der Waals surface area contributed by atoms with Crippen LogP contribution in [0.2, 0.25) is 0 Å². The van der Waals surface area contributed by atoms with E-state index in [-0.39, 0.29) is 6.04 Å². The fraction of sp³-hybridized carbons (Fsp3) is 0.375. The quantitative estimate of drug-likeness (QED) is 0.640. The zero-order valence-corrected chi connectivity index (χ0v) is 16.6. The van der Waals surface area contributed by atoms with Crippen molar-refractivity contribution in [3.63, 3.8) is 0 Å². The molecule has 0 radical (unpaired) electrons. The van der Waals surface area contributed by atoms with Crippen LogP contribution in [0.5, 0.6) is 0 Å². The van der Waals surface area contributed by atoms with Crippen molar-refractivity contribution < 1.29 is 0 Å². The summed E-state index contributed by atoms with van der Waals surface area (Å²) in [5, 5.41) is 3.65. The zero-order chi connectivity index (χ0) is 14.8. The van der Waals surface area contributed by atoms with Crippen LogP contribution in [0.4, 0.5) is 0 Å². The van der Waals surface area contributed by atoms with Crippen LogP contribution in [0.25, 0.3) is 0 Å². The summed E-state index contributed by atoms with van der Waals surface area (Å²) >= 11 is 11.3. The predicted octanol–water partition coefficient (Wildman–Crippen LogP) is 5.76. The van der Waals surface area contributed by atoms with Crippen LogP contribution in [0, 0.1) is 0 Å². The van der Waals surface area contributed by atoms with Crippen molar-refractivity contribution in [2.45, 2.75) is 25.1 Å². The van der Waals surface area contributed by atoms with E-state index in [2.05, 4.69) is 68.4 Å². The van der Waals surface area contributed by atoms with E-state index >= 15 is 0 Å². The number of hydrogen-bond donors (Lipinski definition) is 1. The van der Waals surface area contributed by atoms with Gasteiger partial charge in [-0.2, -0.15) is 11.8 Å². The summed E-state index contributed by atoms with van der Waals surface area (Å²) in [7, 11) is 0. The maximum Gasteiger partial charge on any atom is 0.0682 e. The highest BCUT2D eigenvalue weighted by molar-refractivity contribution is 9.11. The Morgan fingerprint density at radius 1 is 1.29 bits per heavy atom. The topological polar surface area (TPSA) is 12.0 Å². The van der Waals surface area contributed by atoms with E-state index in [0.717, 1.165) is 15.5 Å². The lowest BCUT2D eigenvalue weighted by atomic mass is 10.0. The third kappa shape index (κ3) is 3.58. The smallest absolute Gasteiger partial charge is 0.0682 e. The number of fused-ring (bicyclic) bond motifs is 1. The Balaban J connectivity index is 2.01. The number of hydrogen-bond acceptors (Lipinski definition) is 3. The summed E-state index contributed by atoms with van der Waals surface area (Å²) in [6.07, 6.45) is 1.23. The van der Waals surface area contributed by atoms with Gasteiger partial charge in [0.15, 0.2) is 0 Å². The van der Waals surface area contributed by atoms with Gasteiger partial charge in [-0.25, -0.2) is 0 Å². The second-order valence-corrected chi connectivity index (χ2v) is 9.10. The van der Waals surface area contributed by atoms with E-state index in [1.165, 1.54) is 28.4 Å². The summed E-state index contributed by atoms with van der Waals surface area (Å²) in [5.74, 6) is 2.43. The molecule has 1 aromatic carbocycles. The minimum Gasteiger partial charge on any atom is -0.306 e. The first-order valence-corrected chi connectivity index (χ1v) is 10.6. The number of thioether (sulfide) groups is 1. The molecular formula is C16H17Br2NS2. The molecule has 112 valence electrons. The fourth-order valence-corrected chi connectivity index (χ4v) is 5.94. The number of halogens is 2. The van der Waals surface area contributed by atoms with Crippen molar-refractivity contribution in [2.75, 3.05) is 12.3 Å². The van der Waals surface area contributed by atoms with Crippen LogP contribution in [0.15, 0.2) is 33.2 Å². The Morgan fingerprint density at radius 3 is 2.90 bits per heavy atom. The van der Waals surface area contributed by atoms with Gasteiger partial charge in [-0.1, -0.05) is 38.8 Å². The zero-order valence-electron chi connectivity index (χ0n) is 11.8. The lowest BCUT2D eigenvalue weighted by Crippen LogP contribution is -2.21. The van der Waals surface area contributed by atoms with E-state index in [1.807, 2.05) is 23.1 Å². The highest BCUT2D eigenvalue weighted by Crippen LogP contribution is 2.38. The third-order valence-electron chi connectivity index (χ3n) is 3.61. The average molecular weight is 447 g/mol. The number of rotatable bonds is 4. The summed E-state index contributed by atoms with van der Waals surface area (Å²) in [5.41, 5.74) is 2.85. The first kappa shape index (κ1) is 16.1. The minimum atomic E-state index is 0.266. The molecule has 1 N–H and O–H groups in total. The first-order valence-electron chi connectivity index (χ1n) is 7.06. The van der Waals surface area contributed by atoms with Gasteiger partial charge in [-0.15, -0.1) is 11.3 Å². The molecule has 1 atom stereocenters. The van der Waals surface area contributed by atoms with Crippen LogP contribution in [-0.4, -0.2) is 12.3 Å². The minimum absolute atomic E-state index is 0.266. The SMILES string of the molecule is CCNC(c1cc2c(s1)CCSC2)c1cc(Br)ccc1Br. The second-order valence-electron chi connectivity index (χ2n) is 5.06. The molecule has 0 saturated carbocycles. The average Bonchev–Trinajstić information content (AvgIpc) is 2.91. The molecule has 5 heteroatoms. The predicted molar refractivity (Wildman–Crippen MR) is 102 cm³/mol. The molecule has 0 spiro atoms. The molecule has 2 aromatic rings. The van der Waals surface area contributed by atoms with Crippen LogP contribution in [0.1, 0.15) is 33.8 Å². The standard InChI is InChI=1S/C16H17Br2NS2/c1-2-19-16(12-8-11(17)3-4-13(12)18)15-7-10-9-20-6-5-14(10)21-15/h3-4,7-8,16,19H,2,5-6,9H2,1H3. The van der Waals surface area contributed by atoms with Gasteiger partial charge in [0.05, 0.1) is 6.04 Å². The largest absolute Gasteiger partial charge is 0.306 e. The molecule has 0 amide bonds. The van der Waals surface area contributed by atoms with Gasteiger partial charge in [-0.3, -0.25) is 0 Å². The Hall–Kier alpha value is 0.190. The van der Waals surface area contributed by atoms with Gasteiger partial charge in [0.2, 0.25) is 0 Å². The highest BCUT2D eigenvalue weighted by atomic mass is 79.9. The Labute approximate surface area is 151 Å². The van der Waals surface area contributed by atoms with Gasteiger partial charge >= 0.3 is 0 Å². The summed E-state index contributed by atoms with van der Waals surface area (Å²) in [4.78, 5) is 3.01. The monoisotopic (exact) mass is 445 g/mol. The molecular weight excluding hydrogens is 430 g/mol. The van der Waals surface area contributed by atoms with E-state index in [1.54, 1.807) is 10.4 Å². The molecule has 1 aliphatic rings. The number of aryl methyl sites for hydroxylation is 1. The van der Waals surface area contributed by atoms with Crippen LogP contribution < -0.4 is 5.32 Å². The molecule has 0 aliphatic carbocycles. The third-order valence-corrected chi connectivity index (χ3v) is 7.13. The van der Waals surface area contributed by atoms with Gasteiger partial charge in [0.1, 0.15) is 0 Å². The Morgan fingerprint density at radius 2 is 2.14 bits per heavy atom. The maximum absolute atomic E-state index is 3.71. The first-order chi connectivity index (χ1) is 10.2. The van der Waals surface area contributed by atoms with Crippen LogP contribution in [-0.2, 0) is 12.2 Å². The molecule has 21 heavy (non-hydrogen) atoms. The van der Waals surface area contributed by atoms with Gasteiger partial charge in [-0.05, 0) is 54.1 Å². The highest BCUT2D eigenvalue weighted by Gasteiger charge is 2.22. The molecule has 0 saturated heterocycles. The molecule has 2 heterocycles. The van der Waals surface area contributed by atoms with E-state index < -0.39 is 0 Å². The molecule has 0 fully saturated rings. The normalized spacial score (nSPS) is 15.8. The summed E-state index contributed by atoms with van der Waals surface area (Å²) in [6.45, 7) is 3.13. The summed E-state index contributed by atoms with van der Waals surface area (Å²) in [6, 6.07) is 9.08. The van der Waals surface area contributed by atoms with Crippen molar-refractivity contribution in [1.82, 2.24) is 5.32 Å².